The molecule has 3 nitrogen and oxygen atoms in total. The predicted octanol–water partition coefficient (Wildman–Crippen LogP) is 4.34. The lowest BCUT2D eigenvalue weighted by molar-refractivity contribution is 0.914. The maximum Gasteiger partial charge on any atom is 0.137 e. The summed E-state index contributed by atoms with van der Waals surface area (Å²) in [4.78, 5) is 11.0. The van der Waals surface area contributed by atoms with E-state index in [4.69, 9.17) is 11.6 Å². The third-order valence-electron chi connectivity index (χ3n) is 3.72. The second kappa shape index (κ2) is 5.41. The molecule has 1 aliphatic rings. The minimum absolute atomic E-state index is 0.503. The molecule has 0 amide bonds. The fraction of sp³-hybridized carbons (Fsp3) is 0.375. The van der Waals surface area contributed by atoms with Gasteiger partial charge in [-0.3, -0.25) is 0 Å². The molecule has 1 aliphatic carbocycles. The van der Waals surface area contributed by atoms with Crippen molar-refractivity contribution in [1.29, 1.82) is 0 Å². The third kappa shape index (κ3) is 2.78. The summed E-state index contributed by atoms with van der Waals surface area (Å²) >= 11 is 6.12. The van der Waals surface area contributed by atoms with Gasteiger partial charge in [-0.15, -0.1) is 0 Å². The number of aromatic nitrogens is 2. The van der Waals surface area contributed by atoms with E-state index >= 15 is 0 Å². The summed E-state index contributed by atoms with van der Waals surface area (Å²) in [5.41, 5.74) is 2.44. The van der Waals surface area contributed by atoms with Gasteiger partial charge in [-0.1, -0.05) is 30.7 Å². The van der Waals surface area contributed by atoms with Crippen LogP contribution in [0.25, 0.3) is 0 Å². The highest BCUT2D eigenvalue weighted by molar-refractivity contribution is 6.29. The van der Waals surface area contributed by atoms with Crippen molar-refractivity contribution in [3.8, 4) is 0 Å². The highest BCUT2D eigenvalue weighted by Crippen LogP contribution is 2.39. The Morgan fingerprint density at radius 3 is 2.50 bits per heavy atom. The Morgan fingerprint density at radius 1 is 1.20 bits per heavy atom. The quantitative estimate of drug-likeness (QED) is 0.784. The van der Waals surface area contributed by atoms with Gasteiger partial charge in [-0.2, -0.15) is 0 Å². The molecule has 104 valence electrons. The molecule has 1 fully saturated rings. The number of rotatable bonds is 4. The maximum atomic E-state index is 6.12. The number of nitrogens with zero attached hydrogens (tertiary/aromatic N) is 3. The molecule has 4 heteroatoms. The second-order valence-corrected chi connectivity index (χ2v) is 5.65. The first kappa shape index (κ1) is 13.4. The van der Waals surface area contributed by atoms with Crippen LogP contribution in [0.4, 0.5) is 11.5 Å². The van der Waals surface area contributed by atoms with Crippen molar-refractivity contribution in [3.05, 3.63) is 46.9 Å². The van der Waals surface area contributed by atoms with E-state index in [0.717, 1.165) is 23.8 Å². The average Bonchev–Trinajstić information content (AvgIpc) is 3.30. The summed E-state index contributed by atoms with van der Waals surface area (Å²) in [6.45, 7) is 2.16. The normalized spacial score (nSPS) is 14.3. The summed E-state index contributed by atoms with van der Waals surface area (Å²) in [6, 6.07) is 10.4. The number of hydrogen-bond acceptors (Lipinski definition) is 3. The topological polar surface area (TPSA) is 29.0 Å². The van der Waals surface area contributed by atoms with Crippen molar-refractivity contribution >= 4 is 23.1 Å². The second-order valence-electron chi connectivity index (χ2n) is 5.26. The zero-order valence-electron chi connectivity index (χ0n) is 11.8. The first-order valence-corrected chi connectivity index (χ1v) is 7.42. The molecule has 0 saturated heterocycles. The van der Waals surface area contributed by atoms with Gasteiger partial charge in [0.25, 0.3) is 0 Å². The Kier molecular flexibility index (Phi) is 3.62. The Labute approximate surface area is 124 Å². The van der Waals surface area contributed by atoms with Crippen LogP contribution in [0, 0.1) is 0 Å². The van der Waals surface area contributed by atoms with E-state index in [1.54, 1.807) is 0 Å². The molecular weight excluding hydrogens is 270 g/mol. The van der Waals surface area contributed by atoms with Crippen LogP contribution in [-0.4, -0.2) is 17.0 Å². The van der Waals surface area contributed by atoms with E-state index in [0.29, 0.717) is 11.1 Å². The number of halogens is 1. The van der Waals surface area contributed by atoms with Crippen molar-refractivity contribution in [2.24, 2.45) is 0 Å². The van der Waals surface area contributed by atoms with Crippen LogP contribution in [0.15, 0.2) is 30.3 Å². The average molecular weight is 288 g/mol. The van der Waals surface area contributed by atoms with E-state index in [1.807, 2.05) is 13.1 Å². The predicted molar refractivity (Wildman–Crippen MR) is 82.9 cm³/mol. The molecule has 1 saturated carbocycles. The third-order valence-corrected chi connectivity index (χ3v) is 3.91. The van der Waals surface area contributed by atoms with Crippen molar-refractivity contribution in [2.45, 2.75) is 32.1 Å². The number of benzene rings is 1. The Hall–Kier alpha value is -1.61. The van der Waals surface area contributed by atoms with Crippen molar-refractivity contribution in [1.82, 2.24) is 9.97 Å². The van der Waals surface area contributed by atoms with Gasteiger partial charge in [0.05, 0.1) is 0 Å². The zero-order chi connectivity index (χ0) is 14.1. The molecular formula is C16H18ClN3. The monoisotopic (exact) mass is 287 g/mol. The lowest BCUT2D eigenvalue weighted by Crippen LogP contribution is -2.12. The highest BCUT2D eigenvalue weighted by Gasteiger charge is 2.27. The molecule has 0 atom stereocenters. The van der Waals surface area contributed by atoms with Gasteiger partial charge in [0, 0.05) is 24.7 Å². The summed E-state index contributed by atoms with van der Waals surface area (Å²) in [7, 11) is 2.01. The van der Waals surface area contributed by atoms with E-state index in [9.17, 15) is 0 Å². The van der Waals surface area contributed by atoms with Crippen molar-refractivity contribution in [3.63, 3.8) is 0 Å². The first-order chi connectivity index (χ1) is 9.67. The summed E-state index contributed by atoms with van der Waals surface area (Å²) < 4.78 is 0. The van der Waals surface area contributed by atoms with Crippen molar-refractivity contribution in [2.75, 3.05) is 11.9 Å². The summed E-state index contributed by atoms with van der Waals surface area (Å²) in [6.07, 6.45) is 3.40. The fourth-order valence-electron chi connectivity index (χ4n) is 2.21. The molecule has 0 N–H and O–H groups in total. The summed E-state index contributed by atoms with van der Waals surface area (Å²) in [5.74, 6) is 2.24. The molecule has 3 rings (SSSR count). The highest BCUT2D eigenvalue weighted by atomic mass is 35.5. The van der Waals surface area contributed by atoms with Crippen molar-refractivity contribution < 1.29 is 0 Å². The molecule has 0 unspecified atom stereocenters. The molecule has 1 aromatic carbocycles. The lowest BCUT2D eigenvalue weighted by Gasteiger charge is -2.19. The first-order valence-electron chi connectivity index (χ1n) is 7.04. The van der Waals surface area contributed by atoms with E-state index in [2.05, 4.69) is 46.1 Å². The van der Waals surface area contributed by atoms with Gasteiger partial charge in [-0.25, -0.2) is 9.97 Å². The maximum absolute atomic E-state index is 6.12. The molecule has 0 spiro atoms. The van der Waals surface area contributed by atoms with Crippen LogP contribution in [0.1, 0.15) is 37.1 Å². The molecule has 0 bridgehead atoms. The number of aryl methyl sites for hydroxylation is 1. The Morgan fingerprint density at radius 2 is 1.90 bits per heavy atom. The smallest absolute Gasteiger partial charge is 0.137 e. The van der Waals surface area contributed by atoms with Gasteiger partial charge < -0.3 is 4.90 Å². The molecule has 2 aromatic rings. The van der Waals surface area contributed by atoms with E-state index in [1.165, 1.54) is 18.4 Å². The number of hydrogen-bond donors (Lipinski definition) is 0. The van der Waals surface area contributed by atoms with Crippen LogP contribution >= 0.6 is 11.6 Å². The SMILES string of the molecule is CCc1ccc(N(C)c2cc(Cl)nc(C3CC3)n2)cc1. The van der Waals surface area contributed by atoms with Gasteiger partial charge >= 0.3 is 0 Å². The van der Waals surface area contributed by atoms with Crippen LogP contribution < -0.4 is 4.90 Å². The molecule has 1 aromatic heterocycles. The van der Waals surface area contributed by atoms with Gasteiger partial charge in [0.15, 0.2) is 0 Å². The Bertz CT molecular complexity index is 606. The van der Waals surface area contributed by atoms with Gasteiger partial charge in [0.1, 0.15) is 16.8 Å². The fourth-order valence-corrected chi connectivity index (χ4v) is 2.39. The minimum atomic E-state index is 0.503. The van der Waals surface area contributed by atoms with E-state index in [-0.39, 0.29) is 0 Å². The van der Waals surface area contributed by atoms with Gasteiger partial charge in [-0.05, 0) is 37.0 Å². The van der Waals surface area contributed by atoms with Crippen LogP contribution in [0.3, 0.4) is 0 Å². The lowest BCUT2D eigenvalue weighted by atomic mass is 10.1. The number of anilines is 2. The van der Waals surface area contributed by atoms with Crippen LogP contribution in [0.5, 0.6) is 0 Å². The van der Waals surface area contributed by atoms with E-state index < -0.39 is 0 Å². The van der Waals surface area contributed by atoms with Crippen LogP contribution in [-0.2, 0) is 6.42 Å². The van der Waals surface area contributed by atoms with Crippen LogP contribution in [0.2, 0.25) is 5.15 Å². The zero-order valence-corrected chi connectivity index (χ0v) is 12.6. The summed E-state index contributed by atoms with van der Waals surface area (Å²) in [5, 5.41) is 0.522. The molecule has 20 heavy (non-hydrogen) atoms. The molecule has 0 radical (unpaired) electrons. The molecule has 1 heterocycles. The molecule has 0 aliphatic heterocycles. The Balaban J connectivity index is 1.90. The standard InChI is InChI=1S/C16H18ClN3/c1-3-11-4-8-13(9-5-11)20(2)15-10-14(17)18-16(19-15)12-6-7-12/h4-5,8-10,12H,3,6-7H2,1-2H3. The minimum Gasteiger partial charge on any atom is -0.329 e. The van der Waals surface area contributed by atoms with Gasteiger partial charge in [0.2, 0.25) is 0 Å². The largest absolute Gasteiger partial charge is 0.329 e.